The molecule has 0 bridgehead atoms. The minimum atomic E-state index is -0.440. The van der Waals surface area contributed by atoms with E-state index in [1.165, 1.54) is 13.2 Å². The Balaban J connectivity index is 1.50. The van der Waals surface area contributed by atoms with Gasteiger partial charge in [-0.2, -0.15) is 11.3 Å². The molecule has 3 rings (SSSR count). The van der Waals surface area contributed by atoms with Gasteiger partial charge in [0.05, 0.1) is 25.8 Å². The fourth-order valence-electron chi connectivity index (χ4n) is 2.42. The van der Waals surface area contributed by atoms with Crippen molar-refractivity contribution in [2.24, 2.45) is 5.16 Å². The van der Waals surface area contributed by atoms with Crippen molar-refractivity contribution in [1.29, 1.82) is 0 Å². The van der Waals surface area contributed by atoms with Crippen LogP contribution in [0.25, 0.3) is 0 Å². The third kappa shape index (κ3) is 3.91. The number of methoxy groups -OCH3 is 1. The summed E-state index contributed by atoms with van der Waals surface area (Å²) in [7, 11) is 1.42. The maximum atomic E-state index is 13.8. The van der Waals surface area contributed by atoms with Crippen LogP contribution in [0.5, 0.6) is 5.75 Å². The number of nitrogens with zero attached hydrogens (tertiary/aromatic N) is 1. The average Bonchev–Trinajstić information content (AvgIpc) is 3.24. The van der Waals surface area contributed by atoms with Crippen molar-refractivity contribution in [3.05, 3.63) is 52.0 Å². The van der Waals surface area contributed by atoms with E-state index < -0.39 is 5.82 Å². The number of nitrogens with one attached hydrogen (secondary N) is 1. The molecule has 2 heterocycles. The van der Waals surface area contributed by atoms with Crippen LogP contribution in [-0.2, 0) is 16.1 Å². The van der Waals surface area contributed by atoms with Crippen LogP contribution in [0.4, 0.5) is 4.39 Å². The van der Waals surface area contributed by atoms with E-state index >= 15 is 0 Å². The normalized spacial score (nSPS) is 16.4. The number of benzene rings is 1. The topological polar surface area (TPSA) is 59.9 Å². The van der Waals surface area contributed by atoms with E-state index in [0.717, 1.165) is 5.56 Å². The predicted molar refractivity (Wildman–Crippen MR) is 90.0 cm³/mol. The Labute approximate surface area is 143 Å². The van der Waals surface area contributed by atoms with Crippen LogP contribution in [0.15, 0.2) is 40.2 Å². The van der Waals surface area contributed by atoms with Gasteiger partial charge in [0.15, 0.2) is 11.6 Å². The summed E-state index contributed by atoms with van der Waals surface area (Å²) in [6.07, 6.45) is 0.634. The summed E-state index contributed by atoms with van der Waals surface area (Å²) in [5, 5.41) is 10.7. The summed E-state index contributed by atoms with van der Waals surface area (Å²) in [6, 6.07) is 6.60. The van der Waals surface area contributed by atoms with Crippen molar-refractivity contribution in [1.82, 2.24) is 5.32 Å². The fourth-order valence-corrected chi connectivity index (χ4v) is 3.09. The molecule has 1 aromatic carbocycles. The summed E-state index contributed by atoms with van der Waals surface area (Å²) < 4.78 is 18.7. The van der Waals surface area contributed by atoms with Crippen LogP contribution in [0.3, 0.4) is 0 Å². The zero-order valence-electron chi connectivity index (χ0n) is 13.1. The molecule has 0 spiro atoms. The second-order valence-electron chi connectivity index (χ2n) is 5.43. The van der Waals surface area contributed by atoms with Crippen molar-refractivity contribution in [3.63, 3.8) is 0 Å². The van der Waals surface area contributed by atoms with Gasteiger partial charge >= 0.3 is 0 Å². The number of rotatable bonds is 6. The molecule has 126 valence electrons. The van der Waals surface area contributed by atoms with Gasteiger partial charge in [-0.25, -0.2) is 4.39 Å². The molecule has 7 heteroatoms. The van der Waals surface area contributed by atoms with E-state index in [4.69, 9.17) is 9.57 Å². The number of hydrogen-bond acceptors (Lipinski definition) is 5. The van der Waals surface area contributed by atoms with Crippen molar-refractivity contribution >= 4 is 23.0 Å². The molecule has 0 saturated carbocycles. The van der Waals surface area contributed by atoms with Crippen LogP contribution >= 0.6 is 11.3 Å². The highest BCUT2D eigenvalue weighted by Gasteiger charge is 2.23. The summed E-state index contributed by atoms with van der Waals surface area (Å²) in [5.74, 6) is -0.304. The number of thiophene rings is 1. The highest BCUT2D eigenvalue weighted by molar-refractivity contribution is 7.08. The molecule has 0 fully saturated rings. The Morgan fingerprint density at radius 2 is 2.38 bits per heavy atom. The van der Waals surface area contributed by atoms with Crippen LogP contribution in [0, 0.1) is 5.82 Å². The number of ether oxygens (including phenoxy) is 1. The molecular formula is C17H17FN2O3S. The van der Waals surface area contributed by atoms with Gasteiger partial charge in [-0.05, 0) is 40.6 Å². The molecule has 1 aromatic heterocycles. The molecule has 1 unspecified atom stereocenters. The SMILES string of the molecule is COc1ccc(C2=NOC(CNC(=O)Cc3ccsc3)C2)cc1F. The zero-order valence-corrected chi connectivity index (χ0v) is 13.9. The van der Waals surface area contributed by atoms with Crippen molar-refractivity contribution < 1.29 is 18.8 Å². The second-order valence-corrected chi connectivity index (χ2v) is 6.21. The van der Waals surface area contributed by atoms with Gasteiger partial charge in [0.1, 0.15) is 6.10 Å². The fraction of sp³-hybridized carbons (Fsp3) is 0.294. The van der Waals surface area contributed by atoms with Gasteiger partial charge in [-0.15, -0.1) is 0 Å². The molecule has 2 aromatic rings. The van der Waals surface area contributed by atoms with Crippen LogP contribution < -0.4 is 10.1 Å². The second kappa shape index (κ2) is 7.44. The Morgan fingerprint density at radius 1 is 1.50 bits per heavy atom. The molecule has 1 atom stereocenters. The van der Waals surface area contributed by atoms with E-state index in [1.54, 1.807) is 23.5 Å². The Hall–Kier alpha value is -2.41. The summed E-state index contributed by atoms with van der Waals surface area (Å²) >= 11 is 1.56. The highest BCUT2D eigenvalue weighted by atomic mass is 32.1. The molecule has 5 nitrogen and oxygen atoms in total. The van der Waals surface area contributed by atoms with E-state index in [1.807, 2.05) is 16.8 Å². The molecule has 0 radical (unpaired) electrons. The molecule has 0 aliphatic carbocycles. The van der Waals surface area contributed by atoms with E-state index in [0.29, 0.717) is 30.7 Å². The third-order valence-electron chi connectivity index (χ3n) is 3.69. The molecule has 1 aliphatic heterocycles. The van der Waals surface area contributed by atoms with Gasteiger partial charge in [-0.3, -0.25) is 4.79 Å². The van der Waals surface area contributed by atoms with E-state index in [-0.39, 0.29) is 17.8 Å². The number of carbonyl (C=O) groups is 1. The van der Waals surface area contributed by atoms with Crippen molar-refractivity contribution in [2.75, 3.05) is 13.7 Å². The number of hydrogen-bond donors (Lipinski definition) is 1. The first-order valence-corrected chi connectivity index (χ1v) is 8.44. The zero-order chi connectivity index (χ0) is 16.9. The van der Waals surface area contributed by atoms with Crippen LogP contribution in [-0.4, -0.2) is 31.4 Å². The molecule has 1 aliphatic rings. The van der Waals surface area contributed by atoms with Gasteiger partial charge in [0, 0.05) is 12.0 Å². The molecular weight excluding hydrogens is 331 g/mol. The summed E-state index contributed by atoms with van der Waals surface area (Å²) in [4.78, 5) is 17.2. The molecule has 24 heavy (non-hydrogen) atoms. The van der Waals surface area contributed by atoms with Crippen LogP contribution in [0.1, 0.15) is 17.5 Å². The predicted octanol–water partition coefficient (Wildman–Crippen LogP) is 2.75. The monoisotopic (exact) mass is 348 g/mol. The number of oxime groups is 1. The van der Waals surface area contributed by atoms with Crippen molar-refractivity contribution in [3.8, 4) is 5.75 Å². The maximum Gasteiger partial charge on any atom is 0.224 e. The van der Waals surface area contributed by atoms with Crippen LogP contribution in [0.2, 0.25) is 0 Å². The number of carbonyl (C=O) groups excluding carboxylic acids is 1. The number of amides is 1. The summed E-state index contributed by atoms with van der Waals surface area (Å²) in [5.41, 5.74) is 2.31. The van der Waals surface area contributed by atoms with E-state index in [2.05, 4.69) is 10.5 Å². The first-order chi connectivity index (χ1) is 11.7. The standard InChI is InChI=1S/C17H17FN2O3S/c1-22-16-3-2-12(7-14(16)18)15-8-13(23-20-15)9-19-17(21)6-11-4-5-24-10-11/h2-5,7,10,13H,6,8-9H2,1H3,(H,19,21). The molecule has 1 amide bonds. The minimum Gasteiger partial charge on any atom is -0.494 e. The lowest BCUT2D eigenvalue weighted by molar-refractivity contribution is -0.121. The van der Waals surface area contributed by atoms with Gasteiger partial charge in [0.25, 0.3) is 0 Å². The first kappa shape index (κ1) is 16.4. The average molecular weight is 348 g/mol. The lowest BCUT2D eigenvalue weighted by atomic mass is 10.0. The van der Waals surface area contributed by atoms with Gasteiger partial charge in [0.2, 0.25) is 5.91 Å². The lowest BCUT2D eigenvalue weighted by Crippen LogP contribution is -2.33. The molecule has 1 N–H and O–H groups in total. The van der Waals surface area contributed by atoms with Gasteiger partial charge < -0.3 is 14.9 Å². The quantitative estimate of drug-likeness (QED) is 0.873. The van der Waals surface area contributed by atoms with E-state index in [9.17, 15) is 9.18 Å². The Bertz CT molecular complexity index is 746. The Morgan fingerprint density at radius 3 is 3.08 bits per heavy atom. The smallest absolute Gasteiger partial charge is 0.224 e. The highest BCUT2D eigenvalue weighted by Crippen LogP contribution is 2.22. The van der Waals surface area contributed by atoms with Crippen molar-refractivity contribution in [2.45, 2.75) is 18.9 Å². The Kier molecular flexibility index (Phi) is 5.10. The largest absolute Gasteiger partial charge is 0.494 e. The first-order valence-electron chi connectivity index (χ1n) is 7.50. The molecule has 0 saturated heterocycles. The van der Waals surface area contributed by atoms with Gasteiger partial charge in [-0.1, -0.05) is 5.16 Å². The minimum absolute atomic E-state index is 0.0547. The summed E-state index contributed by atoms with van der Waals surface area (Å²) in [6.45, 7) is 0.370. The lowest BCUT2D eigenvalue weighted by Gasteiger charge is -2.09. The third-order valence-corrected chi connectivity index (χ3v) is 4.42. The number of halogens is 1. The maximum absolute atomic E-state index is 13.8.